The predicted molar refractivity (Wildman–Crippen MR) is 83.6 cm³/mol. The van der Waals surface area contributed by atoms with Gasteiger partial charge in [0, 0.05) is 11.5 Å². The van der Waals surface area contributed by atoms with Crippen LogP contribution in [-0.2, 0) is 9.59 Å². The molecule has 3 rings (SSSR count). The molecule has 7 nitrogen and oxygen atoms in total. The van der Waals surface area contributed by atoms with Gasteiger partial charge in [-0.15, -0.1) is 34.6 Å². The molecule has 2 atom stereocenters. The number of thiol groups is 1. The number of hydrogen-bond donors (Lipinski definition) is 3. The molecule has 3 heterocycles. The third kappa shape index (κ3) is 2.68. The van der Waals surface area contributed by atoms with Crippen molar-refractivity contribution in [2.75, 3.05) is 11.5 Å². The number of rotatable bonds is 4. The minimum atomic E-state index is -1.09. The van der Waals surface area contributed by atoms with Crippen molar-refractivity contribution in [3.63, 3.8) is 0 Å². The topological polar surface area (TPSA) is 109 Å². The van der Waals surface area contributed by atoms with Crippen molar-refractivity contribution in [2.24, 2.45) is 5.73 Å². The number of amides is 1. The molecule has 112 valence electrons. The average molecular weight is 362 g/mol. The third-order valence-corrected chi connectivity index (χ3v) is 6.73. The second-order valence-corrected chi connectivity index (χ2v) is 8.36. The Balaban J connectivity index is 1.81. The number of aromatic nitrogens is 2. The summed E-state index contributed by atoms with van der Waals surface area (Å²) in [7, 11) is 0. The number of thioether (sulfide) groups is 2. The maximum Gasteiger partial charge on any atom is 0.352 e. The molecule has 1 aromatic rings. The van der Waals surface area contributed by atoms with Gasteiger partial charge < -0.3 is 10.8 Å². The number of carbonyl (C=O) groups excluding carboxylic acids is 1. The molecular formula is C10H10N4O3S4. The average Bonchev–Trinajstić information content (AvgIpc) is 2.88. The van der Waals surface area contributed by atoms with Gasteiger partial charge in [-0.1, -0.05) is 23.1 Å². The van der Waals surface area contributed by atoms with Crippen LogP contribution in [0.2, 0.25) is 0 Å². The van der Waals surface area contributed by atoms with Crippen molar-refractivity contribution in [3.8, 4) is 0 Å². The zero-order chi connectivity index (χ0) is 15.1. The number of nitrogens with zero attached hydrogens (tertiary/aromatic N) is 3. The predicted octanol–water partition coefficient (Wildman–Crippen LogP) is 0.500. The molecule has 2 aliphatic rings. The van der Waals surface area contributed by atoms with Crippen molar-refractivity contribution < 1.29 is 14.7 Å². The van der Waals surface area contributed by atoms with Gasteiger partial charge in [0.15, 0.2) is 8.68 Å². The molecular weight excluding hydrogens is 352 g/mol. The first-order chi connectivity index (χ1) is 9.99. The summed E-state index contributed by atoms with van der Waals surface area (Å²) in [6.07, 6.45) is 0. The lowest BCUT2D eigenvalue weighted by molar-refractivity contribution is -0.147. The summed E-state index contributed by atoms with van der Waals surface area (Å²) in [5.41, 5.74) is 6.46. The zero-order valence-electron chi connectivity index (χ0n) is 10.4. The van der Waals surface area contributed by atoms with E-state index in [0.717, 1.165) is 4.34 Å². The van der Waals surface area contributed by atoms with Gasteiger partial charge >= 0.3 is 5.97 Å². The highest BCUT2D eigenvalue weighted by Crippen LogP contribution is 2.40. The number of carbonyl (C=O) groups is 2. The molecule has 1 aromatic heterocycles. The van der Waals surface area contributed by atoms with Crippen LogP contribution in [0.4, 0.5) is 0 Å². The van der Waals surface area contributed by atoms with Gasteiger partial charge in [0.1, 0.15) is 17.1 Å². The summed E-state index contributed by atoms with van der Waals surface area (Å²) in [6.45, 7) is 0. The Bertz CT molecular complexity index is 646. The van der Waals surface area contributed by atoms with Crippen molar-refractivity contribution in [1.82, 2.24) is 15.1 Å². The fraction of sp³-hybridized carbons (Fsp3) is 0.400. The third-order valence-electron chi connectivity index (χ3n) is 3.06. The summed E-state index contributed by atoms with van der Waals surface area (Å²) in [5, 5.41) is 16.8. The summed E-state index contributed by atoms with van der Waals surface area (Å²) < 4.78 is 1.28. The standard InChI is InChI=1S/C10H10N4O3S4/c11-4-6(15)14-5(8(16)17)3(1-19-7(4)14)2-20-10-13-12-9(18)21-10/h4,7H,1-2,11H2,(H,12,18)(H,16,17)/t4-,7+/m1/s1. The first kappa shape index (κ1) is 15.2. The lowest BCUT2D eigenvalue weighted by atomic mass is 10.0. The number of hydrogen-bond acceptors (Lipinski definition) is 9. The van der Waals surface area contributed by atoms with E-state index < -0.39 is 12.0 Å². The molecule has 11 heteroatoms. The second kappa shape index (κ2) is 5.80. The summed E-state index contributed by atoms with van der Waals surface area (Å²) >= 11 is 8.30. The molecule has 1 amide bonds. The molecule has 3 N–H and O–H groups in total. The smallest absolute Gasteiger partial charge is 0.352 e. The van der Waals surface area contributed by atoms with E-state index in [-0.39, 0.29) is 17.0 Å². The first-order valence-corrected chi connectivity index (χ1v) is 9.09. The van der Waals surface area contributed by atoms with Crippen LogP contribution in [0.5, 0.6) is 0 Å². The van der Waals surface area contributed by atoms with Crippen LogP contribution < -0.4 is 5.73 Å². The maximum atomic E-state index is 11.8. The van der Waals surface area contributed by atoms with Gasteiger partial charge in [-0.05, 0) is 5.57 Å². The van der Waals surface area contributed by atoms with Gasteiger partial charge in [0.25, 0.3) is 0 Å². The van der Waals surface area contributed by atoms with Crippen LogP contribution in [0.1, 0.15) is 0 Å². The maximum absolute atomic E-state index is 11.8. The number of fused-ring (bicyclic) bond motifs is 1. The number of aliphatic carboxylic acids is 1. The van der Waals surface area contributed by atoms with Crippen molar-refractivity contribution in [3.05, 3.63) is 11.3 Å². The Hall–Kier alpha value is -0.750. The molecule has 0 bridgehead atoms. The molecule has 0 aromatic carbocycles. The lowest BCUT2D eigenvalue weighted by Crippen LogP contribution is -2.68. The molecule has 1 saturated heterocycles. The van der Waals surface area contributed by atoms with Crippen LogP contribution in [0.25, 0.3) is 0 Å². The van der Waals surface area contributed by atoms with Gasteiger partial charge in [-0.3, -0.25) is 9.69 Å². The van der Waals surface area contributed by atoms with E-state index >= 15 is 0 Å². The van der Waals surface area contributed by atoms with Gasteiger partial charge in [0.05, 0.1) is 0 Å². The Morgan fingerprint density at radius 3 is 2.95 bits per heavy atom. The largest absolute Gasteiger partial charge is 0.477 e. The second-order valence-electron chi connectivity index (χ2n) is 4.33. The van der Waals surface area contributed by atoms with E-state index in [1.807, 2.05) is 0 Å². The van der Waals surface area contributed by atoms with Crippen molar-refractivity contribution in [1.29, 1.82) is 0 Å². The molecule has 1 fully saturated rings. The van der Waals surface area contributed by atoms with E-state index in [2.05, 4.69) is 22.8 Å². The van der Waals surface area contributed by atoms with Crippen LogP contribution in [0.15, 0.2) is 19.9 Å². The van der Waals surface area contributed by atoms with Crippen LogP contribution in [0.3, 0.4) is 0 Å². The summed E-state index contributed by atoms with van der Waals surface area (Å²) in [4.78, 5) is 24.6. The Morgan fingerprint density at radius 1 is 1.57 bits per heavy atom. The molecule has 2 aliphatic heterocycles. The minimum Gasteiger partial charge on any atom is -0.477 e. The van der Waals surface area contributed by atoms with E-state index in [0.29, 0.717) is 21.4 Å². The van der Waals surface area contributed by atoms with Crippen LogP contribution in [0, 0.1) is 0 Å². The van der Waals surface area contributed by atoms with Gasteiger partial charge in [-0.2, -0.15) is 0 Å². The lowest BCUT2D eigenvalue weighted by Gasteiger charge is -2.48. The zero-order valence-corrected chi connectivity index (χ0v) is 13.8. The summed E-state index contributed by atoms with van der Waals surface area (Å²) in [6, 6.07) is -0.603. The number of β-lactam (4-membered cyclic amide) rings is 1. The minimum absolute atomic E-state index is 0.0635. The van der Waals surface area contributed by atoms with E-state index in [4.69, 9.17) is 5.73 Å². The molecule has 21 heavy (non-hydrogen) atoms. The number of carboxylic acids is 1. The molecule has 0 unspecified atom stereocenters. The highest BCUT2D eigenvalue weighted by molar-refractivity contribution is 8.02. The summed E-state index contributed by atoms with van der Waals surface area (Å²) in [5.74, 6) is -0.435. The Morgan fingerprint density at radius 2 is 2.33 bits per heavy atom. The van der Waals surface area contributed by atoms with Gasteiger partial charge in [-0.25, -0.2) is 4.79 Å². The fourth-order valence-electron chi connectivity index (χ4n) is 2.10. The SMILES string of the molecule is N[C@@H]1C(=O)N2C(C(=O)O)=C(CSc3nnc(S)s3)CS[C@@H]12. The highest BCUT2D eigenvalue weighted by Gasteiger charge is 2.51. The number of carboxylic acid groups (broad SMARTS) is 1. The van der Waals surface area contributed by atoms with Crippen molar-refractivity contribution >= 4 is 59.4 Å². The normalized spacial score (nSPS) is 24.9. The quantitative estimate of drug-likeness (QED) is 0.404. The molecule has 0 spiro atoms. The fourth-order valence-corrected chi connectivity index (χ4v) is 5.62. The highest BCUT2D eigenvalue weighted by atomic mass is 32.2. The van der Waals surface area contributed by atoms with Crippen LogP contribution >= 0.6 is 47.5 Å². The van der Waals surface area contributed by atoms with E-state index in [1.165, 1.54) is 39.8 Å². The van der Waals surface area contributed by atoms with Crippen molar-refractivity contribution in [2.45, 2.75) is 20.1 Å². The monoisotopic (exact) mass is 362 g/mol. The molecule has 0 aliphatic carbocycles. The van der Waals surface area contributed by atoms with E-state index in [1.54, 1.807) is 0 Å². The Kier molecular flexibility index (Phi) is 4.19. The van der Waals surface area contributed by atoms with E-state index in [9.17, 15) is 14.7 Å². The Labute approximate surface area is 137 Å². The van der Waals surface area contributed by atoms with Gasteiger partial charge in [0.2, 0.25) is 5.91 Å². The molecule has 0 saturated carbocycles. The molecule has 0 radical (unpaired) electrons. The number of nitrogens with two attached hydrogens (primary N) is 1. The van der Waals surface area contributed by atoms with Crippen LogP contribution in [-0.4, -0.2) is 55.0 Å². The first-order valence-electron chi connectivity index (χ1n) is 5.80.